The van der Waals surface area contributed by atoms with Crippen LogP contribution in [0, 0.1) is 0 Å². The van der Waals surface area contributed by atoms with Gasteiger partial charge in [0.05, 0.1) is 18.1 Å². The summed E-state index contributed by atoms with van der Waals surface area (Å²) in [7, 11) is 0. The Kier molecular flexibility index (Phi) is 8.00. The lowest BCUT2D eigenvalue weighted by atomic mass is 10.1. The number of benzene rings is 4. The van der Waals surface area contributed by atoms with Crippen molar-refractivity contribution < 1.29 is 23.9 Å². The number of carbonyl (C=O) groups excluding carboxylic acids is 3. The molecule has 1 aliphatic heterocycles. The average molecular weight is 558 g/mol. The largest absolute Gasteiger partial charge is 0.490 e. The van der Waals surface area contributed by atoms with Crippen LogP contribution in [0.5, 0.6) is 11.5 Å². The molecule has 6 nitrogen and oxygen atoms in total. The first-order valence-corrected chi connectivity index (χ1v) is 13.5. The highest BCUT2D eigenvalue weighted by molar-refractivity contribution is 8.18. The first kappa shape index (κ1) is 26.5. The minimum absolute atomic E-state index is 0.233. The molecule has 5 rings (SSSR count). The highest BCUT2D eigenvalue weighted by Gasteiger charge is 2.36. The third-order valence-corrected chi connectivity index (χ3v) is 7.27. The van der Waals surface area contributed by atoms with Crippen molar-refractivity contribution in [2.45, 2.75) is 13.5 Å². The molecule has 2 amide bonds. The Hall–Kier alpha value is -4.07. The molecule has 0 spiro atoms. The molecule has 1 heterocycles. The summed E-state index contributed by atoms with van der Waals surface area (Å²) in [5.41, 5.74) is 2.08. The van der Waals surface area contributed by atoms with Crippen LogP contribution in [0.1, 0.15) is 28.4 Å². The Morgan fingerprint density at radius 2 is 1.67 bits per heavy atom. The van der Waals surface area contributed by atoms with Crippen molar-refractivity contribution in [1.82, 2.24) is 4.90 Å². The van der Waals surface area contributed by atoms with Gasteiger partial charge in [0.1, 0.15) is 6.61 Å². The van der Waals surface area contributed by atoms with E-state index < -0.39 is 11.1 Å². The molecule has 196 valence electrons. The van der Waals surface area contributed by atoms with Gasteiger partial charge in [-0.25, -0.2) is 0 Å². The van der Waals surface area contributed by atoms with Crippen molar-refractivity contribution in [3.8, 4) is 11.5 Å². The van der Waals surface area contributed by atoms with Crippen LogP contribution in [0.2, 0.25) is 5.02 Å². The lowest BCUT2D eigenvalue weighted by Gasteiger charge is -2.13. The Morgan fingerprint density at radius 1 is 0.897 bits per heavy atom. The number of hydrogen-bond donors (Lipinski definition) is 0. The molecule has 1 aliphatic rings. The predicted molar refractivity (Wildman–Crippen MR) is 154 cm³/mol. The second kappa shape index (κ2) is 11.8. The predicted octanol–water partition coefficient (Wildman–Crippen LogP) is 7.39. The molecular weight excluding hydrogens is 534 g/mol. The highest BCUT2D eigenvalue weighted by Crippen LogP contribution is 2.35. The Balaban J connectivity index is 1.30. The Labute approximate surface area is 235 Å². The van der Waals surface area contributed by atoms with Crippen molar-refractivity contribution in [3.05, 3.63) is 112 Å². The normalized spacial score (nSPS) is 14.3. The van der Waals surface area contributed by atoms with Gasteiger partial charge in [-0.15, -0.1) is 0 Å². The molecule has 0 radical (unpaired) electrons. The number of amides is 2. The lowest BCUT2D eigenvalue weighted by molar-refractivity contribution is -0.122. The van der Waals surface area contributed by atoms with Gasteiger partial charge in [-0.3, -0.25) is 19.3 Å². The number of fused-ring (bicyclic) bond motifs is 1. The van der Waals surface area contributed by atoms with E-state index in [0.717, 1.165) is 27.6 Å². The molecule has 1 saturated heterocycles. The smallest absolute Gasteiger partial charge is 0.293 e. The fraction of sp³-hybridized carbons (Fsp3) is 0.129. The van der Waals surface area contributed by atoms with Crippen molar-refractivity contribution >= 4 is 57.1 Å². The van der Waals surface area contributed by atoms with Crippen molar-refractivity contribution in [3.63, 3.8) is 0 Å². The molecule has 0 saturated carbocycles. The molecular formula is C31H24ClNO5S. The maximum Gasteiger partial charge on any atom is 0.293 e. The second-order valence-electron chi connectivity index (χ2n) is 8.81. The molecule has 39 heavy (non-hydrogen) atoms. The molecule has 0 aliphatic carbocycles. The molecule has 1 fully saturated rings. The number of ether oxygens (including phenoxy) is 2. The van der Waals surface area contributed by atoms with Gasteiger partial charge in [-0.2, -0.15) is 0 Å². The van der Waals surface area contributed by atoms with Crippen molar-refractivity contribution in [1.29, 1.82) is 0 Å². The molecule has 8 heteroatoms. The summed E-state index contributed by atoms with van der Waals surface area (Å²) < 4.78 is 11.9. The zero-order valence-electron chi connectivity index (χ0n) is 21.1. The summed E-state index contributed by atoms with van der Waals surface area (Å²) >= 11 is 6.68. The quantitative estimate of drug-likeness (QED) is 0.158. The van der Waals surface area contributed by atoms with Crippen LogP contribution in [-0.4, -0.2) is 35.0 Å². The van der Waals surface area contributed by atoms with Gasteiger partial charge in [0, 0.05) is 10.6 Å². The second-order valence-corrected chi connectivity index (χ2v) is 10.2. The molecule has 0 atom stereocenters. The zero-order chi connectivity index (χ0) is 27.4. The summed E-state index contributed by atoms with van der Waals surface area (Å²) in [6.45, 7) is 2.34. The van der Waals surface area contributed by atoms with Crippen molar-refractivity contribution in [2.75, 3.05) is 13.2 Å². The minimum atomic E-state index is -0.512. The Morgan fingerprint density at radius 3 is 2.44 bits per heavy atom. The van der Waals surface area contributed by atoms with Gasteiger partial charge in [0.25, 0.3) is 11.1 Å². The number of nitrogens with zero attached hydrogens (tertiary/aromatic N) is 1. The van der Waals surface area contributed by atoms with Gasteiger partial charge >= 0.3 is 0 Å². The number of imide groups is 1. The average Bonchev–Trinajstić information content (AvgIpc) is 3.20. The summed E-state index contributed by atoms with van der Waals surface area (Å²) in [6, 6.07) is 26.0. The third-order valence-electron chi connectivity index (χ3n) is 6.12. The SMILES string of the molecule is CCOc1cc(/C=C2/SC(=O)N(CC(=O)c3ccc(Cl)cc3)C2=O)ccc1OCc1ccc2ccccc2c1. The van der Waals surface area contributed by atoms with Gasteiger partial charge < -0.3 is 9.47 Å². The molecule has 0 bridgehead atoms. The molecule has 0 unspecified atom stereocenters. The van der Waals surface area contributed by atoms with Crippen LogP contribution < -0.4 is 9.47 Å². The fourth-order valence-electron chi connectivity index (χ4n) is 4.15. The number of halogens is 1. The summed E-state index contributed by atoms with van der Waals surface area (Å²) in [5.74, 6) is 0.247. The van der Waals surface area contributed by atoms with Crippen LogP contribution in [0.4, 0.5) is 4.79 Å². The van der Waals surface area contributed by atoms with Crippen LogP contribution in [0.3, 0.4) is 0 Å². The minimum Gasteiger partial charge on any atom is -0.490 e. The van der Waals surface area contributed by atoms with Crippen LogP contribution in [0.15, 0.2) is 89.8 Å². The molecule has 0 aromatic heterocycles. The van der Waals surface area contributed by atoms with E-state index in [9.17, 15) is 14.4 Å². The van der Waals surface area contributed by atoms with E-state index in [-0.39, 0.29) is 17.2 Å². The number of rotatable bonds is 9. The van der Waals surface area contributed by atoms with E-state index in [4.69, 9.17) is 21.1 Å². The van der Waals surface area contributed by atoms with Crippen molar-refractivity contribution in [2.24, 2.45) is 0 Å². The van der Waals surface area contributed by atoms with Gasteiger partial charge in [-0.05, 0) is 89.1 Å². The first-order valence-electron chi connectivity index (χ1n) is 12.3. The van der Waals surface area contributed by atoms with Crippen LogP contribution in [0.25, 0.3) is 16.8 Å². The Bertz CT molecular complexity index is 1600. The maximum atomic E-state index is 13.0. The fourth-order valence-corrected chi connectivity index (χ4v) is 5.11. The van der Waals surface area contributed by atoms with Crippen LogP contribution in [-0.2, 0) is 11.4 Å². The summed E-state index contributed by atoms with van der Waals surface area (Å²) in [5, 5.41) is 2.31. The van der Waals surface area contributed by atoms with E-state index in [2.05, 4.69) is 24.3 Å². The zero-order valence-corrected chi connectivity index (χ0v) is 22.6. The van der Waals surface area contributed by atoms with E-state index >= 15 is 0 Å². The lowest BCUT2D eigenvalue weighted by Crippen LogP contribution is -2.33. The first-order chi connectivity index (χ1) is 18.9. The van der Waals surface area contributed by atoms with E-state index in [1.165, 1.54) is 5.39 Å². The summed E-state index contributed by atoms with van der Waals surface area (Å²) in [6.07, 6.45) is 1.62. The molecule has 4 aromatic rings. The number of Topliss-reactive ketones (excluding diaryl/α,β-unsaturated/α-hetero) is 1. The standard InChI is InChI=1S/C31H24ClNO5S/c1-2-37-28-16-20(8-14-27(28)38-19-21-7-9-22-5-3-4-6-24(22)15-21)17-29-30(35)33(31(36)39-29)18-26(34)23-10-12-25(32)13-11-23/h3-17H,2,18-19H2,1H3/b29-17+. The van der Waals surface area contributed by atoms with Crippen LogP contribution >= 0.6 is 23.4 Å². The third kappa shape index (κ3) is 6.16. The van der Waals surface area contributed by atoms with E-state index in [0.29, 0.717) is 40.9 Å². The highest BCUT2D eigenvalue weighted by atomic mass is 35.5. The van der Waals surface area contributed by atoms with E-state index in [1.807, 2.05) is 25.1 Å². The monoisotopic (exact) mass is 557 g/mol. The van der Waals surface area contributed by atoms with E-state index in [1.54, 1.807) is 48.5 Å². The molecule has 0 N–H and O–H groups in total. The number of hydrogen-bond acceptors (Lipinski definition) is 6. The molecule has 4 aromatic carbocycles. The van der Waals surface area contributed by atoms with Gasteiger partial charge in [0.15, 0.2) is 17.3 Å². The van der Waals surface area contributed by atoms with Gasteiger partial charge in [0.2, 0.25) is 0 Å². The number of ketones is 1. The number of thioether (sulfide) groups is 1. The number of carbonyl (C=O) groups is 3. The summed E-state index contributed by atoms with van der Waals surface area (Å²) in [4.78, 5) is 39.3. The maximum absolute atomic E-state index is 13.0. The van der Waals surface area contributed by atoms with Gasteiger partial charge in [-0.1, -0.05) is 54.1 Å². The topological polar surface area (TPSA) is 72.9 Å².